The van der Waals surface area contributed by atoms with Crippen LogP contribution in [-0.2, 0) is 4.74 Å². The molecule has 0 spiro atoms. The Hall–Kier alpha value is -2.93. The van der Waals surface area contributed by atoms with Gasteiger partial charge in [0.05, 0.1) is 29.5 Å². The van der Waals surface area contributed by atoms with E-state index in [0.717, 1.165) is 37.6 Å². The fourth-order valence-corrected chi connectivity index (χ4v) is 2.64. The molecule has 0 aliphatic carbocycles. The van der Waals surface area contributed by atoms with Crippen molar-refractivity contribution in [2.45, 2.75) is 6.92 Å². The normalized spacial score (nSPS) is 15.1. The van der Waals surface area contributed by atoms with Gasteiger partial charge in [0.15, 0.2) is 0 Å². The number of morpholine rings is 1. The maximum Gasteiger partial charge on any atom is 0.271 e. The summed E-state index contributed by atoms with van der Waals surface area (Å²) in [5, 5.41) is 15.1. The van der Waals surface area contributed by atoms with E-state index >= 15 is 0 Å². The number of rotatable bonds is 5. The number of non-ortho nitro benzene ring substituents is 1. The molecule has 130 valence electrons. The van der Waals surface area contributed by atoms with Gasteiger partial charge in [-0.1, -0.05) is 18.2 Å². The molecule has 7 heteroatoms. The fraction of sp³-hybridized carbons (Fsp3) is 0.278. The van der Waals surface area contributed by atoms with Gasteiger partial charge >= 0.3 is 0 Å². The molecule has 1 heterocycles. The van der Waals surface area contributed by atoms with E-state index in [2.05, 4.69) is 27.6 Å². The molecule has 0 atom stereocenters. The van der Waals surface area contributed by atoms with Gasteiger partial charge in [-0.25, -0.2) is 0 Å². The van der Waals surface area contributed by atoms with Crippen LogP contribution in [-0.4, -0.2) is 36.9 Å². The molecule has 25 heavy (non-hydrogen) atoms. The Balaban J connectivity index is 1.67. The highest BCUT2D eigenvalue weighted by atomic mass is 16.6. The summed E-state index contributed by atoms with van der Waals surface area (Å²) in [4.78, 5) is 12.7. The molecule has 1 aliphatic rings. The number of anilines is 2. The Labute approximate surface area is 146 Å². The Morgan fingerprint density at radius 2 is 1.92 bits per heavy atom. The van der Waals surface area contributed by atoms with Gasteiger partial charge in [-0.2, -0.15) is 5.10 Å². The highest BCUT2D eigenvalue weighted by Gasteiger charge is 2.11. The third-order valence-corrected chi connectivity index (χ3v) is 4.07. The second-order valence-corrected chi connectivity index (χ2v) is 5.76. The van der Waals surface area contributed by atoms with E-state index in [1.807, 2.05) is 19.1 Å². The lowest BCUT2D eigenvalue weighted by atomic mass is 10.1. The quantitative estimate of drug-likeness (QED) is 0.513. The van der Waals surface area contributed by atoms with Crippen molar-refractivity contribution in [2.75, 3.05) is 36.6 Å². The fourth-order valence-electron chi connectivity index (χ4n) is 2.64. The Morgan fingerprint density at radius 1 is 1.20 bits per heavy atom. The number of hydrogen-bond donors (Lipinski definition) is 1. The third kappa shape index (κ3) is 4.33. The number of nitrogens with one attached hydrogen (secondary N) is 1. The van der Waals surface area contributed by atoms with Gasteiger partial charge in [-0.3, -0.25) is 15.5 Å². The van der Waals surface area contributed by atoms with Crippen molar-refractivity contribution in [2.24, 2.45) is 5.10 Å². The predicted molar refractivity (Wildman–Crippen MR) is 98.4 cm³/mol. The first-order chi connectivity index (χ1) is 12.1. The van der Waals surface area contributed by atoms with Gasteiger partial charge in [-0.15, -0.1) is 0 Å². The zero-order valence-corrected chi connectivity index (χ0v) is 14.0. The van der Waals surface area contributed by atoms with E-state index in [4.69, 9.17) is 4.74 Å². The van der Waals surface area contributed by atoms with Crippen molar-refractivity contribution in [3.63, 3.8) is 0 Å². The molecular formula is C18H20N4O3. The summed E-state index contributed by atoms with van der Waals surface area (Å²) < 4.78 is 5.37. The number of ether oxygens (including phenoxy) is 1. The lowest BCUT2D eigenvalue weighted by molar-refractivity contribution is -0.384. The highest BCUT2D eigenvalue weighted by molar-refractivity contribution is 5.99. The van der Waals surface area contributed by atoms with Crippen molar-refractivity contribution in [3.8, 4) is 0 Å². The van der Waals surface area contributed by atoms with Crippen LogP contribution in [0.2, 0.25) is 0 Å². The molecule has 7 nitrogen and oxygen atoms in total. The number of benzene rings is 2. The van der Waals surface area contributed by atoms with Gasteiger partial charge in [0.25, 0.3) is 5.69 Å². The molecule has 0 amide bonds. The summed E-state index contributed by atoms with van der Waals surface area (Å²) in [5.74, 6) is 0. The second-order valence-electron chi connectivity index (χ2n) is 5.76. The maximum absolute atomic E-state index is 10.8. The number of hydrogen-bond acceptors (Lipinski definition) is 6. The molecule has 0 radical (unpaired) electrons. The first-order valence-electron chi connectivity index (χ1n) is 8.11. The van der Waals surface area contributed by atoms with Gasteiger partial charge < -0.3 is 9.64 Å². The Kier molecular flexibility index (Phi) is 5.25. The summed E-state index contributed by atoms with van der Waals surface area (Å²) >= 11 is 0. The van der Waals surface area contributed by atoms with Crippen LogP contribution in [0.5, 0.6) is 0 Å². The van der Waals surface area contributed by atoms with E-state index in [1.165, 1.54) is 17.8 Å². The van der Waals surface area contributed by atoms with E-state index in [1.54, 1.807) is 12.1 Å². The van der Waals surface area contributed by atoms with Crippen molar-refractivity contribution in [3.05, 3.63) is 64.2 Å². The number of hydrazone groups is 1. The molecule has 1 fully saturated rings. The predicted octanol–water partition coefficient (Wildman–Crippen LogP) is 3.27. The second kappa shape index (κ2) is 7.76. The van der Waals surface area contributed by atoms with Crippen LogP contribution >= 0.6 is 0 Å². The first-order valence-corrected chi connectivity index (χ1v) is 8.11. The zero-order valence-electron chi connectivity index (χ0n) is 14.0. The molecule has 1 aliphatic heterocycles. The molecule has 0 aromatic heterocycles. The average Bonchev–Trinajstić information content (AvgIpc) is 2.67. The number of nitro benzene ring substituents is 1. The van der Waals surface area contributed by atoms with E-state index in [9.17, 15) is 10.1 Å². The van der Waals surface area contributed by atoms with Crippen LogP contribution in [0.15, 0.2) is 53.6 Å². The third-order valence-electron chi connectivity index (χ3n) is 4.07. The smallest absolute Gasteiger partial charge is 0.271 e. The molecule has 2 aromatic rings. The first kappa shape index (κ1) is 16.9. The van der Waals surface area contributed by atoms with Gasteiger partial charge in [0.1, 0.15) is 0 Å². The minimum absolute atomic E-state index is 0.0349. The number of nitro groups is 1. The van der Waals surface area contributed by atoms with E-state index in [0.29, 0.717) is 5.69 Å². The number of nitrogens with zero attached hydrogens (tertiary/aromatic N) is 3. The lowest BCUT2D eigenvalue weighted by Crippen LogP contribution is -2.36. The van der Waals surface area contributed by atoms with Crippen LogP contribution < -0.4 is 10.3 Å². The van der Waals surface area contributed by atoms with Crippen LogP contribution in [0.4, 0.5) is 17.1 Å². The minimum atomic E-state index is -0.424. The van der Waals surface area contributed by atoms with Crippen LogP contribution in [0.1, 0.15) is 12.5 Å². The molecule has 1 N–H and O–H groups in total. The molecule has 0 unspecified atom stereocenters. The maximum atomic E-state index is 10.8. The molecule has 3 rings (SSSR count). The standard InChI is InChI=1S/C18H20N4O3/c1-14(19-20-16-3-2-4-18(13-16)22(23)24)15-5-7-17(8-6-15)21-9-11-25-12-10-21/h2-8,13,20H,9-12H2,1H3/b19-14+. The highest BCUT2D eigenvalue weighted by Crippen LogP contribution is 2.19. The lowest BCUT2D eigenvalue weighted by Gasteiger charge is -2.28. The van der Waals surface area contributed by atoms with Crippen LogP contribution in [0, 0.1) is 10.1 Å². The molecule has 2 aromatic carbocycles. The largest absolute Gasteiger partial charge is 0.378 e. The minimum Gasteiger partial charge on any atom is -0.378 e. The summed E-state index contributed by atoms with van der Waals surface area (Å²) in [5.41, 5.74) is 6.46. The van der Waals surface area contributed by atoms with Gasteiger partial charge in [0.2, 0.25) is 0 Å². The average molecular weight is 340 g/mol. The summed E-state index contributed by atoms with van der Waals surface area (Å²) in [6.07, 6.45) is 0. The Bertz CT molecular complexity index is 768. The zero-order chi connectivity index (χ0) is 17.6. The Morgan fingerprint density at radius 3 is 2.60 bits per heavy atom. The van der Waals surface area contributed by atoms with Crippen LogP contribution in [0.3, 0.4) is 0 Å². The molecule has 0 saturated carbocycles. The van der Waals surface area contributed by atoms with Crippen molar-refractivity contribution in [1.82, 2.24) is 0 Å². The van der Waals surface area contributed by atoms with Crippen molar-refractivity contribution in [1.29, 1.82) is 0 Å². The van der Waals surface area contributed by atoms with Crippen molar-refractivity contribution >= 4 is 22.8 Å². The summed E-state index contributed by atoms with van der Waals surface area (Å²) in [6, 6.07) is 14.5. The summed E-state index contributed by atoms with van der Waals surface area (Å²) in [6.45, 7) is 5.22. The van der Waals surface area contributed by atoms with Gasteiger partial charge in [0, 0.05) is 30.9 Å². The molecule has 1 saturated heterocycles. The topological polar surface area (TPSA) is 80.0 Å². The van der Waals surface area contributed by atoms with Crippen molar-refractivity contribution < 1.29 is 9.66 Å². The van der Waals surface area contributed by atoms with Gasteiger partial charge in [-0.05, 0) is 30.7 Å². The SMILES string of the molecule is C/C(=N\Nc1cccc([N+](=O)[O-])c1)c1ccc(N2CCOCC2)cc1. The monoisotopic (exact) mass is 340 g/mol. The molecular weight excluding hydrogens is 320 g/mol. The summed E-state index contributed by atoms with van der Waals surface area (Å²) in [7, 11) is 0. The van der Waals surface area contributed by atoms with E-state index in [-0.39, 0.29) is 5.69 Å². The van der Waals surface area contributed by atoms with E-state index < -0.39 is 4.92 Å². The van der Waals surface area contributed by atoms with Crippen LogP contribution in [0.25, 0.3) is 0 Å². The molecule has 0 bridgehead atoms.